The first-order chi connectivity index (χ1) is 9.40. The summed E-state index contributed by atoms with van der Waals surface area (Å²) in [5.41, 5.74) is 4.12. The monoisotopic (exact) mass is 287 g/mol. The molecule has 0 aliphatic carbocycles. The SMILES string of the molecule is CCOC(=O)C(CC)OC(=O)c1cc(F)c(N)cc1F. The van der Waals surface area contributed by atoms with Crippen molar-refractivity contribution in [3.05, 3.63) is 29.3 Å². The van der Waals surface area contributed by atoms with Crippen molar-refractivity contribution < 1.29 is 27.8 Å². The van der Waals surface area contributed by atoms with E-state index in [2.05, 4.69) is 0 Å². The second-order valence-corrected chi connectivity index (χ2v) is 3.91. The van der Waals surface area contributed by atoms with Crippen LogP contribution in [0.2, 0.25) is 0 Å². The Balaban J connectivity index is 2.90. The predicted octanol–water partition coefficient (Wildman–Crippen LogP) is 2.05. The molecule has 0 radical (unpaired) electrons. The molecule has 0 heterocycles. The molecule has 1 rings (SSSR count). The molecule has 0 bridgehead atoms. The number of esters is 2. The highest BCUT2D eigenvalue weighted by molar-refractivity contribution is 5.92. The van der Waals surface area contributed by atoms with Gasteiger partial charge in [0.1, 0.15) is 11.6 Å². The zero-order valence-corrected chi connectivity index (χ0v) is 11.1. The van der Waals surface area contributed by atoms with Crippen molar-refractivity contribution in [3.8, 4) is 0 Å². The van der Waals surface area contributed by atoms with Gasteiger partial charge in [0.2, 0.25) is 0 Å². The maximum Gasteiger partial charge on any atom is 0.347 e. The van der Waals surface area contributed by atoms with Crippen molar-refractivity contribution >= 4 is 17.6 Å². The average Bonchev–Trinajstić information content (AvgIpc) is 2.40. The van der Waals surface area contributed by atoms with Crippen LogP contribution in [-0.4, -0.2) is 24.6 Å². The van der Waals surface area contributed by atoms with E-state index in [9.17, 15) is 18.4 Å². The van der Waals surface area contributed by atoms with E-state index in [1.165, 1.54) is 0 Å². The summed E-state index contributed by atoms with van der Waals surface area (Å²) in [5, 5.41) is 0. The third-order valence-corrected chi connectivity index (χ3v) is 2.48. The van der Waals surface area contributed by atoms with Gasteiger partial charge in [-0.15, -0.1) is 0 Å². The largest absolute Gasteiger partial charge is 0.463 e. The van der Waals surface area contributed by atoms with Gasteiger partial charge in [-0.05, 0) is 19.4 Å². The highest BCUT2D eigenvalue weighted by atomic mass is 19.1. The van der Waals surface area contributed by atoms with Gasteiger partial charge in [-0.2, -0.15) is 0 Å². The second-order valence-electron chi connectivity index (χ2n) is 3.91. The van der Waals surface area contributed by atoms with E-state index in [0.29, 0.717) is 12.1 Å². The maximum absolute atomic E-state index is 13.5. The maximum atomic E-state index is 13.5. The van der Waals surface area contributed by atoms with Crippen molar-refractivity contribution in [1.82, 2.24) is 0 Å². The summed E-state index contributed by atoms with van der Waals surface area (Å²) in [6, 6.07) is 1.31. The minimum atomic E-state index is -1.16. The highest BCUT2D eigenvalue weighted by Gasteiger charge is 2.25. The van der Waals surface area contributed by atoms with Gasteiger partial charge in [0.25, 0.3) is 0 Å². The van der Waals surface area contributed by atoms with E-state index < -0.39 is 40.9 Å². The number of anilines is 1. The van der Waals surface area contributed by atoms with Crippen LogP contribution in [0.15, 0.2) is 12.1 Å². The number of ether oxygens (including phenoxy) is 2. The van der Waals surface area contributed by atoms with Crippen LogP contribution in [0.1, 0.15) is 30.6 Å². The minimum Gasteiger partial charge on any atom is -0.463 e. The fourth-order valence-electron chi connectivity index (χ4n) is 1.44. The topological polar surface area (TPSA) is 78.6 Å². The molecule has 0 fully saturated rings. The predicted molar refractivity (Wildman–Crippen MR) is 66.9 cm³/mol. The molecule has 0 saturated heterocycles. The van der Waals surface area contributed by atoms with Crippen molar-refractivity contribution in [1.29, 1.82) is 0 Å². The van der Waals surface area contributed by atoms with Gasteiger partial charge in [0.15, 0.2) is 6.10 Å². The molecule has 2 N–H and O–H groups in total. The molecule has 110 valence electrons. The number of nitrogens with two attached hydrogens (primary N) is 1. The minimum absolute atomic E-state index is 0.123. The van der Waals surface area contributed by atoms with E-state index in [1.54, 1.807) is 13.8 Å². The quantitative estimate of drug-likeness (QED) is 0.662. The van der Waals surface area contributed by atoms with Gasteiger partial charge < -0.3 is 15.2 Å². The third-order valence-electron chi connectivity index (χ3n) is 2.48. The Morgan fingerprint density at radius 3 is 2.45 bits per heavy atom. The lowest BCUT2D eigenvalue weighted by atomic mass is 10.2. The van der Waals surface area contributed by atoms with E-state index >= 15 is 0 Å². The lowest BCUT2D eigenvalue weighted by molar-refractivity contribution is -0.153. The fraction of sp³-hybridized carbons (Fsp3) is 0.385. The van der Waals surface area contributed by atoms with Crippen LogP contribution in [0.5, 0.6) is 0 Å². The fourth-order valence-corrected chi connectivity index (χ4v) is 1.44. The molecule has 20 heavy (non-hydrogen) atoms. The van der Waals surface area contributed by atoms with Gasteiger partial charge >= 0.3 is 11.9 Å². The normalized spacial score (nSPS) is 11.8. The summed E-state index contributed by atoms with van der Waals surface area (Å²) in [6.07, 6.45) is -1.01. The Bertz CT molecular complexity index is 519. The number of carbonyl (C=O) groups is 2. The first kappa shape index (κ1) is 15.9. The van der Waals surface area contributed by atoms with E-state index in [-0.39, 0.29) is 13.0 Å². The van der Waals surface area contributed by atoms with Crippen LogP contribution < -0.4 is 5.73 Å². The Kier molecular flexibility index (Phi) is 5.42. The molecule has 0 amide bonds. The van der Waals surface area contributed by atoms with Crippen molar-refractivity contribution in [2.45, 2.75) is 26.4 Å². The molecule has 0 aliphatic heterocycles. The molecule has 1 aromatic rings. The van der Waals surface area contributed by atoms with Crippen LogP contribution in [0, 0.1) is 11.6 Å². The smallest absolute Gasteiger partial charge is 0.347 e. The van der Waals surface area contributed by atoms with Gasteiger partial charge in [-0.25, -0.2) is 18.4 Å². The highest BCUT2D eigenvalue weighted by Crippen LogP contribution is 2.18. The lowest BCUT2D eigenvalue weighted by Gasteiger charge is -2.15. The van der Waals surface area contributed by atoms with Crippen LogP contribution in [-0.2, 0) is 14.3 Å². The Morgan fingerprint density at radius 1 is 1.25 bits per heavy atom. The van der Waals surface area contributed by atoms with Crippen molar-refractivity contribution in [2.75, 3.05) is 12.3 Å². The van der Waals surface area contributed by atoms with Crippen molar-refractivity contribution in [2.24, 2.45) is 0 Å². The average molecular weight is 287 g/mol. The van der Waals surface area contributed by atoms with Crippen LogP contribution >= 0.6 is 0 Å². The molecule has 0 aliphatic rings. The first-order valence-corrected chi connectivity index (χ1v) is 6.02. The van der Waals surface area contributed by atoms with Gasteiger partial charge in [-0.3, -0.25) is 0 Å². The number of hydrogen-bond donors (Lipinski definition) is 1. The van der Waals surface area contributed by atoms with Crippen LogP contribution in [0.3, 0.4) is 0 Å². The number of benzene rings is 1. The summed E-state index contributed by atoms with van der Waals surface area (Å²) < 4.78 is 36.3. The summed E-state index contributed by atoms with van der Waals surface area (Å²) >= 11 is 0. The van der Waals surface area contributed by atoms with Crippen LogP contribution in [0.4, 0.5) is 14.5 Å². The Labute approximate surface area is 114 Å². The summed E-state index contributed by atoms with van der Waals surface area (Å²) in [4.78, 5) is 23.2. The summed E-state index contributed by atoms with van der Waals surface area (Å²) in [5.74, 6) is -3.85. The molecule has 0 aromatic heterocycles. The molecular formula is C13H15F2NO4. The molecule has 7 heteroatoms. The van der Waals surface area contributed by atoms with Crippen molar-refractivity contribution in [3.63, 3.8) is 0 Å². The standard InChI is InChI=1S/C13H15F2NO4/c1-3-11(13(18)19-4-2)20-12(17)7-5-9(15)10(16)6-8(7)14/h5-6,11H,3-4,16H2,1-2H3. The Hall–Kier alpha value is -2.18. The molecule has 1 aromatic carbocycles. The van der Waals surface area contributed by atoms with E-state index in [4.69, 9.17) is 15.2 Å². The van der Waals surface area contributed by atoms with E-state index in [0.717, 1.165) is 0 Å². The summed E-state index contributed by atoms with van der Waals surface area (Å²) in [6.45, 7) is 3.31. The van der Waals surface area contributed by atoms with Gasteiger partial charge in [0.05, 0.1) is 17.9 Å². The number of nitrogen functional groups attached to an aromatic ring is 1. The molecule has 1 unspecified atom stereocenters. The number of hydrogen-bond acceptors (Lipinski definition) is 5. The number of halogens is 2. The lowest BCUT2D eigenvalue weighted by Crippen LogP contribution is -2.29. The van der Waals surface area contributed by atoms with E-state index in [1.807, 2.05) is 0 Å². The molecular weight excluding hydrogens is 272 g/mol. The molecule has 0 spiro atoms. The zero-order valence-electron chi connectivity index (χ0n) is 11.1. The van der Waals surface area contributed by atoms with Gasteiger partial charge in [0, 0.05) is 6.07 Å². The van der Waals surface area contributed by atoms with Gasteiger partial charge in [-0.1, -0.05) is 6.92 Å². The molecule has 5 nitrogen and oxygen atoms in total. The van der Waals surface area contributed by atoms with Crippen LogP contribution in [0.25, 0.3) is 0 Å². The molecule has 1 atom stereocenters. The number of rotatable bonds is 5. The zero-order chi connectivity index (χ0) is 15.3. The third kappa shape index (κ3) is 3.66. The summed E-state index contributed by atoms with van der Waals surface area (Å²) in [7, 11) is 0. The number of carbonyl (C=O) groups excluding carboxylic acids is 2. The first-order valence-electron chi connectivity index (χ1n) is 6.02. The molecule has 0 saturated carbocycles. The Morgan fingerprint density at radius 2 is 1.90 bits per heavy atom. The second kappa shape index (κ2) is 6.83.